The van der Waals surface area contributed by atoms with E-state index in [9.17, 15) is 14.4 Å². The minimum Gasteiger partial charge on any atom is -0.481 e. The third-order valence-corrected chi connectivity index (χ3v) is 2.66. The van der Waals surface area contributed by atoms with Crippen molar-refractivity contribution in [2.75, 3.05) is 19.6 Å². The molecule has 1 rings (SSSR count). The number of carbonyl (C=O) groups excluding carboxylic acids is 2. The molecule has 4 N–H and O–H groups in total. The van der Waals surface area contributed by atoms with Gasteiger partial charge in [0.25, 0.3) is 0 Å². The zero-order valence-electron chi connectivity index (χ0n) is 9.68. The van der Waals surface area contributed by atoms with Crippen molar-refractivity contribution in [3.63, 3.8) is 0 Å². The van der Waals surface area contributed by atoms with E-state index in [0.717, 1.165) is 0 Å². The number of primary amides is 1. The smallest absolute Gasteiger partial charge is 0.307 e. The molecule has 1 aliphatic rings. The van der Waals surface area contributed by atoms with Gasteiger partial charge < -0.3 is 16.2 Å². The maximum Gasteiger partial charge on any atom is 0.307 e. The summed E-state index contributed by atoms with van der Waals surface area (Å²) < 4.78 is 0. The first-order valence-corrected chi connectivity index (χ1v) is 5.39. The number of carboxylic acids is 1. The molecular formula is C10H17N3O4. The van der Waals surface area contributed by atoms with Crippen LogP contribution in [-0.4, -0.2) is 53.5 Å². The van der Waals surface area contributed by atoms with Crippen molar-refractivity contribution >= 4 is 17.8 Å². The number of amides is 2. The molecule has 7 heteroatoms. The fourth-order valence-electron chi connectivity index (χ4n) is 2.11. The molecule has 2 unspecified atom stereocenters. The van der Waals surface area contributed by atoms with Gasteiger partial charge in [0.05, 0.1) is 12.5 Å². The van der Waals surface area contributed by atoms with Gasteiger partial charge in [-0.2, -0.15) is 0 Å². The summed E-state index contributed by atoms with van der Waals surface area (Å²) in [5.41, 5.74) is 5.08. The van der Waals surface area contributed by atoms with Gasteiger partial charge in [-0.3, -0.25) is 19.3 Å². The second-order valence-corrected chi connectivity index (χ2v) is 4.33. The predicted octanol–water partition coefficient (Wildman–Crippen LogP) is -1.62. The molecule has 0 saturated carbocycles. The number of nitrogens with zero attached hydrogens (tertiary/aromatic N) is 1. The molecule has 0 aromatic carbocycles. The Hall–Kier alpha value is -1.63. The number of nitrogens with one attached hydrogen (secondary N) is 1. The molecule has 1 saturated heterocycles. The van der Waals surface area contributed by atoms with Gasteiger partial charge >= 0.3 is 5.97 Å². The first kappa shape index (κ1) is 13.4. The van der Waals surface area contributed by atoms with E-state index >= 15 is 0 Å². The number of piperidine rings is 1. The molecule has 2 atom stereocenters. The maximum atomic E-state index is 11.0. The summed E-state index contributed by atoms with van der Waals surface area (Å²) in [6, 6.07) is -0.248. The van der Waals surface area contributed by atoms with Crippen LogP contribution in [-0.2, 0) is 14.4 Å². The first-order valence-electron chi connectivity index (χ1n) is 5.39. The van der Waals surface area contributed by atoms with Crippen molar-refractivity contribution < 1.29 is 19.5 Å². The minimum absolute atomic E-state index is 0.0138. The van der Waals surface area contributed by atoms with Gasteiger partial charge in [0.15, 0.2) is 0 Å². The number of aliphatic carboxylic acids is 1. The van der Waals surface area contributed by atoms with Crippen LogP contribution in [0.5, 0.6) is 0 Å². The lowest BCUT2D eigenvalue weighted by molar-refractivity contribution is -0.145. The Morgan fingerprint density at radius 2 is 2.06 bits per heavy atom. The number of rotatable bonds is 4. The quantitative estimate of drug-likeness (QED) is 0.549. The summed E-state index contributed by atoms with van der Waals surface area (Å²) >= 11 is 0. The van der Waals surface area contributed by atoms with Gasteiger partial charge in [-0.15, -0.1) is 0 Å². The Morgan fingerprint density at radius 3 is 2.53 bits per heavy atom. The summed E-state index contributed by atoms with van der Waals surface area (Å²) in [4.78, 5) is 34.4. The van der Waals surface area contributed by atoms with Crippen molar-refractivity contribution in [2.45, 2.75) is 19.4 Å². The Balaban J connectivity index is 2.65. The highest BCUT2D eigenvalue weighted by atomic mass is 16.4. The van der Waals surface area contributed by atoms with E-state index in [0.29, 0.717) is 13.0 Å². The van der Waals surface area contributed by atoms with Crippen LogP contribution in [0.1, 0.15) is 13.3 Å². The minimum atomic E-state index is -0.922. The molecule has 0 radical (unpaired) electrons. The molecule has 1 aliphatic heterocycles. The van der Waals surface area contributed by atoms with Crippen LogP contribution < -0.4 is 11.1 Å². The van der Waals surface area contributed by atoms with E-state index < -0.39 is 17.8 Å². The highest BCUT2D eigenvalue weighted by Crippen LogP contribution is 2.17. The normalized spacial score (nSPS) is 25.2. The van der Waals surface area contributed by atoms with E-state index in [1.165, 1.54) is 6.92 Å². The van der Waals surface area contributed by atoms with E-state index in [-0.39, 0.29) is 25.0 Å². The highest BCUT2D eigenvalue weighted by molar-refractivity contribution is 5.76. The first-order chi connectivity index (χ1) is 7.88. The standard InChI is InChI=1S/C10H17N3O4/c1-6(14)12-8-2-7(10(16)17)3-13(4-8)5-9(11)15/h7-8H,2-5H2,1H3,(H2,11,15)(H,12,14)(H,16,17). The van der Waals surface area contributed by atoms with Crippen LogP contribution >= 0.6 is 0 Å². The molecule has 0 aromatic rings. The van der Waals surface area contributed by atoms with Crippen molar-refractivity contribution in [1.29, 1.82) is 0 Å². The second kappa shape index (κ2) is 5.62. The molecule has 0 aromatic heterocycles. The molecule has 17 heavy (non-hydrogen) atoms. The van der Waals surface area contributed by atoms with E-state index in [1.54, 1.807) is 4.90 Å². The number of hydrogen-bond donors (Lipinski definition) is 3. The Kier molecular flexibility index (Phi) is 4.45. The fourth-order valence-corrected chi connectivity index (χ4v) is 2.11. The average molecular weight is 243 g/mol. The monoisotopic (exact) mass is 243 g/mol. The van der Waals surface area contributed by atoms with Gasteiger partial charge in [0.2, 0.25) is 11.8 Å². The molecule has 0 bridgehead atoms. The van der Waals surface area contributed by atoms with Crippen LogP contribution in [0.3, 0.4) is 0 Å². The Bertz CT molecular complexity index is 308. The number of carbonyl (C=O) groups is 3. The van der Waals surface area contributed by atoms with Crippen LogP contribution in [0.15, 0.2) is 0 Å². The lowest BCUT2D eigenvalue weighted by Gasteiger charge is -2.35. The summed E-state index contributed by atoms with van der Waals surface area (Å²) in [6.07, 6.45) is 0.379. The summed E-state index contributed by atoms with van der Waals surface area (Å²) in [7, 11) is 0. The van der Waals surface area contributed by atoms with E-state index in [1.807, 2.05) is 0 Å². The molecule has 1 heterocycles. The largest absolute Gasteiger partial charge is 0.481 e. The molecule has 2 amide bonds. The van der Waals surface area contributed by atoms with Crippen LogP contribution in [0.2, 0.25) is 0 Å². The topological polar surface area (TPSA) is 113 Å². The van der Waals surface area contributed by atoms with Crippen LogP contribution in [0, 0.1) is 5.92 Å². The van der Waals surface area contributed by atoms with Gasteiger partial charge in [-0.1, -0.05) is 0 Å². The number of hydrogen-bond acceptors (Lipinski definition) is 4. The SMILES string of the molecule is CC(=O)NC1CC(C(=O)O)CN(CC(N)=O)C1. The fraction of sp³-hybridized carbons (Fsp3) is 0.700. The number of carboxylic acid groups (broad SMARTS) is 1. The zero-order valence-corrected chi connectivity index (χ0v) is 9.68. The molecule has 96 valence electrons. The molecular weight excluding hydrogens is 226 g/mol. The number of likely N-dealkylation sites (tertiary alicyclic amines) is 1. The maximum absolute atomic E-state index is 11.0. The summed E-state index contributed by atoms with van der Waals surface area (Å²) in [6.45, 7) is 2.13. The van der Waals surface area contributed by atoms with Crippen molar-refractivity contribution in [2.24, 2.45) is 11.7 Å². The Morgan fingerprint density at radius 1 is 1.41 bits per heavy atom. The van der Waals surface area contributed by atoms with Crippen molar-refractivity contribution in [3.05, 3.63) is 0 Å². The summed E-state index contributed by atoms with van der Waals surface area (Å²) in [5.74, 6) is -2.22. The van der Waals surface area contributed by atoms with Crippen LogP contribution in [0.25, 0.3) is 0 Å². The molecule has 0 aliphatic carbocycles. The lowest BCUT2D eigenvalue weighted by Crippen LogP contribution is -2.53. The van der Waals surface area contributed by atoms with Gasteiger partial charge in [-0.05, 0) is 6.42 Å². The van der Waals surface area contributed by atoms with Gasteiger partial charge in [-0.25, -0.2) is 0 Å². The average Bonchev–Trinajstić information content (AvgIpc) is 2.14. The number of nitrogens with two attached hydrogens (primary N) is 1. The van der Waals surface area contributed by atoms with Gasteiger partial charge in [0, 0.05) is 26.1 Å². The Labute approximate surface area is 98.9 Å². The third-order valence-electron chi connectivity index (χ3n) is 2.66. The highest BCUT2D eigenvalue weighted by Gasteiger charge is 2.32. The molecule has 0 spiro atoms. The predicted molar refractivity (Wildman–Crippen MR) is 59.0 cm³/mol. The van der Waals surface area contributed by atoms with Crippen LogP contribution in [0.4, 0.5) is 0 Å². The zero-order chi connectivity index (χ0) is 13.0. The van der Waals surface area contributed by atoms with Gasteiger partial charge in [0.1, 0.15) is 0 Å². The van der Waals surface area contributed by atoms with E-state index in [2.05, 4.69) is 5.32 Å². The molecule has 1 fully saturated rings. The second-order valence-electron chi connectivity index (χ2n) is 4.33. The third kappa shape index (κ3) is 4.39. The summed E-state index contributed by atoms with van der Waals surface area (Å²) in [5, 5.41) is 11.7. The van der Waals surface area contributed by atoms with E-state index in [4.69, 9.17) is 10.8 Å². The van der Waals surface area contributed by atoms with Crippen molar-refractivity contribution in [3.8, 4) is 0 Å². The van der Waals surface area contributed by atoms with Crippen molar-refractivity contribution in [1.82, 2.24) is 10.2 Å². The lowest BCUT2D eigenvalue weighted by atomic mass is 9.94. The molecule has 7 nitrogen and oxygen atoms in total.